The predicted octanol–water partition coefficient (Wildman–Crippen LogP) is 3.14. The summed E-state index contributed by atoms with van der Waals surface area (Å²) in [5.41, 5.74) is 2.60. The molecule has 0 aliphatic rings. The number of benzene rings is 1. The summed E-state index contributed by atoms with van der Waals surface area (Å²) in [5.74, 6) is 0.677. The summed E-state index contributed by atoms with van der Waals surface area (Å²) in [4.78, 5) is 10.7. The summed E-state index contributed by atoms with van der Waals surface area (Å²) in [6.45, 7) is 2.47. The van der Waals surface area contributed by atoms with Crippen LogP contribution in [-0.4, -0.2) is 16.1 Å². The van der Waals surface area contributed by atoms with E-state index >= 15 is 0 Å². The van der Waals surface area contributed by atoms with Gasteiger partial charge in [-0.3, -0.25) is 9.48 Å². The maximum Gasteiger partial charge on any atom is 0.150 e. The van der Waals surface area contributed by atoms with Crippen molar-refractivity contribution in [2.45, 2.75) is 20.0 Å². The van der Waals surface area contributed by atoms with Crippen LogP contribution in [0.25, 0.3) is 0 Å². The lowest BCUT2D eigenvalue weighted by Gasteiger charge is -2.07. The third kappa shape index (κ3) is 3.04. The van der Waals surface area contributed by atoms with Crippen LogP contribution in [0, 0.1) is 0 Å². The number of halogens is 1. The average Bonchev–Trinajstić information content (AvgIpc) is 2.71. The molecular formula is C14H15BrN2O2. The highest BCUT2D eigenvalue weighted by molar-refractivity contribution is 9.10. The maximum absolute atomic E-state index is 10.7. The summed E-state index contributed by atoms with van der Waals surface area (Å²) in [7, 11) is 1.89. The van der Waals surface area contributed by atoms with Gasteiger partial charge in [-0.25, -0.2) is 0 Å². The molecule has 0 unspecified atom stereocenters. The Labute approximate surface area is 120 Å². The van der Waals surface area contributed by atoms with Crippen LogP contribution in [0.5, 0.6) is 5.75 Å². The minimum absolute atomic E-state index is 0.409. The quantitative estimate of drug-likeness (QED) is 0.794. The Morgan fingerprint density at radius 3 is 2.89 bits per heavy atom. The topological polar surface area (TPSA) is 44.1 Å². The summed E-state index contributed by atoms with van der Waals surface area (Å²) in [6.07, 6.45) is 1.68. The van der Waals surface area contributed by atoms with E-state index in [1.54, 1.807) is 18.2 Å². The number of aromatic nitrogens is 2. The highest BCUT2D eigenvalue weighted by Gasteiger charge is 2.12. The van der Waals surface area contributed by atoms with Gasteiger partial charge < -0.3 is 4.74 Å². The van der Waals surface area contributed by atoms with Crippen LogP contribution in [0.1, 0.15) is 28.7 Å². The van der Waals surface area contributed by atoms with Crippen LogP contribution < -0.4 is 4.74 Å². The minimum atomic E-state index is 0.409. The molecule has 100 valence electrons. The fourth-order valence-electron chi connectivity index (χ4n) is 1.81. The first-order chi connectivity index (χ1) is 9.15. The molecule has 0 saturated heterocycles. The first-order valence-electron chi connectivity index (χ1n) is 6.04. The minimum Gasteiger partial charge on any atom is -0.487 e. The summed E-state index contributed by atoms with van der Waals surface area (Å²) in [5, 5.41) is 4.41. The number of hydrogen-bond acceptors (Lipinski definition) is 3. The smallest absolute Gasteiger partial charge is 0.150 e. The van der Waals surface area contributed by atoms with E-state index in [-0.39, 0.29) is 0 Å². The molecule has 1 aromatic carbocycles. The number of nitrogens with zero attached hydrogens (tertiary/aromatic N) is 2. The molecule has 0 saturated carbocycles. The van der Waals surface area contributed by atoms with Crippen molar-refractivity contribution < 1.29 is 9.53 Å². The van der Waals surface area contributed by atoms with Crippen molar-refractivity contribution in [3.63, 3.8) is 0 Å². The van der Waals surface area contributed by atoms with Crippen LogP contribution in [0.4, 0.5) is 0 Å². The van der Waals surface area contributed by atoms with Crippen molar-refractivity contribution in [2.75, 3.05) is 0 Å². The predicted molar refractivity (Wildman–Crippen MR) is 76.4 cm³/mol. The number of ether oxygens (including phenoxy) is 1. The van der Waals surface area contributed by atoms with Crippen molar-refractivity contribution in [1.29, 1.82) is 0 Å². The fraction of sp³-hybridized carbons (Fsp3) is 0.286. The highest BCUT2D eigenvalue weighted by Crippen LogP contribution is 2.23. The Kier molecular flexibility index (Phi) is 4.37. The largest absolute Gasteiger partial charge is 0.487 e. The molecule has 0 fully saturated rings. The molecule has 0 spiro atoms. The van der Waals surface area contributed by atoms with Crippen LogP contribution in [0.2, 0.25) is 0 Å². The molecule has 0 atom stereocenters. The maximum atomic E-state index is 10.7. The molecule has 2 aromatic rings. The van der Waals surface area contributed by atoms with Crippen molar-refractivity contribution in [1.82, 2.24) is 9.78 Å². The molecule has 5 heteroatoms. The van der Waals surface area contributed by atoms with Crippen molar-refractivity contribution in [3.8, 4) is 5.75 Å². The lowest BCUT2D eigenvalue weighted by molar-refractivity contribution is 0.112. The van der Waals surface area contributed by atoms with E-state index in [1.807, 2.05) is 17.8 Å². The SMILES string of the molecule is CCc1nn(C)c(COc2cccc(C=O)c2)c1Br. The molecule has 0 bridgehead atoms. The van der Waals surface area contributed by atoms with E-state index in [1.165, 1.54) is 0 Å². The van der Waals surface area contributed by atoms with Crippen LogP contribution >= 0.6 is 15.9 Å². The highest BCUT2D eigenvalue weighted by atomic mass is 79.9. The summed E-state index contributed by atoms with van der Waals surface area (Å²) in [6, 6.07) is 7.10. The molecule has 0 radical (unpaired) electrons. The van der Waals surface area contributed by atoms with E-state index in [4.69, 9.17) is 4.74 Å². The lowest BCUT2D eigenvalue weighted by Crippen LogP contribution is -2.03. The van der Waals surface area contributed by atoms with Gasteiger partial charge >= 0.3 is 0 Å². The fourth-order valence-corrected chi connectivity index (χ4v) is 2.54. The number of carbonyl (C=O) groups is 1. The van der Waals surface area contributed by atoms with Gasteiger partial charge in [0.1, 0.15) is 18.6 Å². The molecule has 4 nitrogen and oxygen atoms in total. The molecule has 19 heavy (non-hydrogen) atoms. The van der Waals surface area contributed by atoms with Crippen molar-refractivity contribution in [2.24, 2.45) is 7.05 Å². The summed E-state index contributed by atoms with van der Waals surface area (Å²) < 4.78 is 8.51. The van der Waals surface area contributed by atoms with Gasteiger partial charge in [0.2, 0.25) is 0 Å². The van der Waals surface area contributed by atoms with E-state index in [0.29, 0.717) is 17.9 Å². The van der Waals surface area contributed by atoms with Crippen LogP contribution in [0.15, 0.2) is 28.7 Å². The zero-order valence-corrected chi connectivity index (χ0v) is 12.5. The van der Waals surface area contributed by atoms with Gasteiger partial charge in [0.05, 0.1) is 15.9 Å². The van der Waals surface area contributed by atoms with Crippen LogP contribution in [0.3, 0.4) is 0 Å². The van der Waals surface area contributed by atoms with Gasteiger partial charge in [-0.15, -0.1) is 0 Å². The Morgan fingerprint density at radius 2 is 2.26 bits per heavy atom. The Hall–Kier alpha value is -1.62. The standard InChI is InChI=1S/C14H15BrN2O2/c1-3-12-14(15)13(17(2)16-12)9-19-11-6-4-5-10(7-11)8-18/h4-8H,3,9H2,1-2H3. The first kappa shape index (κ1) is 13.8. The number of aldehydes is 1. The second kappa shape index (κ2) is 6.02. The number of hydrogen-bond donors (Lipinski definition) is 0. The summed E-state index contributed by atoms with van der Waals surface area (Å²) >= 11 is 3.54. The van der Waals surface area contributed by atoms with Crippen LogP contribution in [-0.2, 0) is 20.1 Å². The van der Waals surface area contributed by atoms with Gasteiger partial charge in [-0.1, -0.05) is 19.1 Å². The van der Waals surface area contributed by atoms with Crippen molar-refractivity contribution in [3.05, 3.63) is 45.7 Å². The monoisotopic (exact) mass is 322 g/mol. The van der Waals surface area contributed by atoms with Gasteiger partial charge in [0, 0.05) is 12.6 Å². The molecule has 0 aliphatic heterocycles. The molecule has 1 heterocycles. The van der Waals surface area contributed by atoms with E-state index in [0.717, 1.165) is 28.6 Å². The average molecular weight is 323 g/mol. The number of aryl methyl sites for hydroxylation is 2. The normalized spacial score (nSPS) is 10.5. The van der Waals surface area contributed by atoms with Gasteiger partial charge in [0.15, 0.2) is 0 Å². The van der Waals surface area contributed by atoms with E-state index < -0.39 is 0 Å². The second-order valence-corrected chi connectivity index (χ2v) is 4.96. The van der Waals surface area contributed by atoms with Gasteiger partial charge in [-0.2, -0.15) is 5.10 Å². The number of rotatable bonds is 5. The Balaban J connectivity index is 2.14. The van der Waals surface area contributed by atoms with Crippen molar-refractivity contribution >= 4 is 22.2 Å². The molecule has 0 N–H and O–H groups in total. The third-order valence-electron chi connectivity index (χ3n) is 2.87. The third-order valence-corrected chi connectivity index (χ3v) is 3.79. The zero-order chi connectivity index (χ0) is 13.8. The first-order valence-corrected chi connectivity index (χ1v) is 6.83. The molecule has 2 rings (SSSR count). The Morgan fingerprint density at radius 1 is 1.47 bits per heavy atom. The van der Waals surface area contributed by atoms with Gasteiger partial charge in [0.25, 0.3) is 0 Å². The van der Waals surface area contributed by atoms with Gasteiger partial charge in [-0.05, 0) is 34.5 Å². The molecule has 0 aliphatic carbocycles. The lowest BCUT2D eigenvalue weighted by atomic mass is 10.2. The molecular weight excluding hydrogens is 308 g/mol. The van der Waals surface area contributed by atoms with E-state index in [2.05, 4.69) is 28.0 Å². The molecule has 1 aromatic heterocycles. The van der Waals surface area contributed by atoms with E-state index in [9.17, 15) is 4.79 Å². The zero-order valence-electron chi connectivity index (χ0n) is 10.9. The number of carbonyl (C=O) groups excluding carboxylic acids is 1. The molecule has 0 amide bonds. The second-order valence-electron chi connectivity index (χ2n) is 4.16. The Bertz CT molecular complexity index is 593.